The lowest BCUT2D eigenvalue weighted by atomic mass is 10.1. The highest BCUT2D eigenvalue weighted by Crippen LogP contribution is 2.36. The van der Waals surface area contributed by atoms with Crippen molar-refractivity contribution < 1.29 is 4.74 Å². The average Bonchev–Trinajstić information content (AvgIpc) is 3.26. The zero-order valence-electron chi connectivity index (χ0n) is 15.5. The smallest absolute Gasteiger partial charge is 0.182 e. The fourth-order valence-electron chi connectivity index (χ4n) is 3.59. The summed E-state index contributed by atoms with van der Waals surface area (Å²) in [4.78, 5) is 14.3. The van der Waals surface area contributed by atoms with Gasteiger partial charge < -0.3 is 9.64 Å². The molecule has 1 aliphatic rings. The van der Waals surface area contributed by atoms with E-state index in [2.05, 4.69) is 29.0 Å². The molecule has 0 aliphatic carbocycles. The molecule has 5 rings (SSSR count). The molecule has 6 nitrogen and oxygen atoms in total. The second-order valence-electron chi connectivity index (χ2n) is 7.00. The van der Waals surface area contributed by atoms with E-state index in [1.165, 1.54) is 15.8 Å². The van der Waals surface area contributed by atoms with E-state index in [0.29, 0.717) is 12.4 Å². The van der Waals surface area contributed by atoms with Gasteiger partial charge in [-0.2, -0.15) is 0 Å². The van der Waals surface area contributed by atoms with E-state index in [-0.39, 0.29) is 0 Å². The molecule has 1 aromatic carbocycles. The zero-order chi connectivity index (χ0) is 18.4. The average molecular weight is 379 g/mol. The van der Waals surface area contributed by atoms with Crippen LogP contribution in [-0.2, 0) is 13.0 Å². The van der Waals surface area contributed by atoms with Crippen molar-refractivity contribution in [3.8, 4) is 17.1 Å². The summed E-state index contributed by atoms with van der Waals surface area (Å²) in [6, 6.07) is 7.99. The van der Waals surface area contributed by atoms with Gasteiger partial charge in [0.05, 0.1) is 12.0 Å². The number of aromatic nitrogens is 4. The highest BCUT2D eigenvalue weighted by atomic mass is 32.1. The Labute approximate surface area is 161 Å². The lowest BCUT2D eigenvalue weighted by Crippen LogP contribution is -2.25. The maximum atomic E-state index is 5.76. The summed E-state index contributed by atoms with van der Waals surface area (Å²) >= 11 is 1.78. The molecule has 0 radical (unpaired) electrons. The van der Waals surface area contributed by atoms with Crippen LogP contribution < -0.4 is 4.74 Å². The first-order valence-corrected chi connectivity index (χ1v) is 10.1. The molecule has 4 aromatic rings. The van der Waals surface area contributed by atoms with Gasteiger partial charge in [-0.25, -0.2) is 14.5 Å². The van der Waals surface area contributed by atoms with Crippen molar-refractivity contribution in [3.05, 3.63) is 41.0 Å². The second kappa shape index (κ2) is 6.58. The molecule has 0 bridgehead atoms. The molecule has 1 aliphatic heterocycles. The molecule has 7 heteroatoms. The fourth-order valence-corrected chi connectivity index (χ4v) is 4.85. The molecule has 0 fully saturated rings. The van der Waals surface area contributed by atoms with Crippen LogP contribution in [0.15, 0.2) is 30.6 Å². The number of thiophene rings is 1. The molecule has 0 atom stereocenters. The van der Waals surface area contributed by atoms with Crippen LogP contribution in [0.2, 0.25) is 0 Å². The Balaban J connectivity index is 1.62. The molecule has 3 aromatic heterocycles. The summed E-state index contributed by atoms with van der Waals surface area (Å²) in [6.07, 6.45) is 3.80. The van der Waals surface area contributed by atoms with Gasteiger partial charge in [0.25, 0.3) is 0 Å². The van der Waals surface area contributed by atoms with Gasteiger partial charge in [-0.05, 0) is 37.6 Å². The van der Waals surface area contributed by atoms with Gasteiger partial charge in [0.2, 0.25) is 0 Å². The largest absolute Gasteiger partial charge is 0.494 e. The third-order valence-electron chi connectivity index (χ3n) is 4.93. The molecule has 4 heterocycles. The summed E-state index contributed by atoms with van der Waals surface area (Å²) in [5.74, 6) is 1.56. The van der Waals surface area contributed by atoms with E-state index in [9.17, 15) is 0 Å². The molecular weight excluding hydrogens is 358 g/mol. The molecule has 0 N–H and O–H groups in total. The van der Waals surface area contributed by atoms with E-state index >= 15 is 0 Å². The van der Waals surface area contributed by atoms with Crippen molar-refractivity contribution in [2.75, 3.05) is 20.2 Å². The van der Waals surface area contributed by atoms with E-state index in [0.717, 1.165) is 47.7 Å². The van der Waals surface area contributed by atoms with Gasteiger partial charge in [0.1, 0.15) is 16.9 Å². The predicted molar refractivity (Wildman–Crippen MR) is 107 cm³/mol. The molecule has 0 saturated carbocycles. The van der Waals surface area contributed by atoms with Gasteiger partial charge in [-0.1, -0.05) is 19.1 Å². The highest BCUT2D eigenvalue weighted by Gasteiger charge is 2.22. The van der Waals surface area contributed by atoms with Gasteiger partial charge in [-0.3, -0.25) is 0 Å². The highest BCUT2D eigenvalue weighted by molar-refractivity contribution is 7.19. The molecular formula is C20H21N5OS. The van der Waals surface area contributed by atoms with Crippen molar-refractivity contribution in [2.45, 2.75) is 26.3 Å². The summed E-state index contributed by atoms with van der Waals surface area (Å²) in [5, 5.41) is 5.85. The van der Waals surface area contributed by atoms with Crippen molar-refractivity contribution in [1.29, 1.82) is 0 Å². The Morgan fingerprint density at radius 2 is 2.22 bits per heavy atom. The SMILES string of the molecule is CCCOc1cccc(-c2nc3c4c5c(sc4ncn3n2)CN(C)CC5)c1. The van der Waals surface area contributed by atoms with Crippen molar-refractivity contribution >= 4 is 27.2 Å². The predicted octanol–water partition coefficient (Wildman–Crippen LogP) is 3.78. The minimum atomic E-state index is 0.708. The zero-order valence-corrected chi connectivity index (χ0v) is 16.3. The van der Waals surface area contributed by atoms with Gasteiger partial charge >= 0.3 is 0 Å². The Morgan fingerprint density at radius 3 is 3.11 bits per heavy atom. The number of ether oxygens (including phenoxy) is 1. The first kappa shape index (κ1) is 16.6. The van der Waals surface area contributed by atoms with Crippen LogP contribution >= 0.6 is 11.3 Å². The van der Waals surface area contributed by atoms with Crippen LogP contribution in [-0.4, -0.2) is 44.7 Å². The minimum Gasteiger partial charge on any atom is -0.494 e. The number of benzene rings is 1. The van der Waals surface area contributed by atoms with Gasteiger partial charge in [0.15, 0.2) is 11.5 Å². The molecule has 0 spiro atoms. The lowest BCUT2D eigenvalue weighted by molar-refractivity contribution is 0.317. The lowest BCUT2D eigenvalue weighted by Gasteiger charge is -2.21. The normalized spacial score (nSPS) is 14.7. The first-order valence-electron chi connectivity index (χ1n) is 9.30. The maximum absolute atomic E-state index is 5.76. The maximum Gasteiger partial charge on any atom is 0.182 e. The van der Waals surface area contributed by atoms with Crippen molar-refractivity contribution in [2.24, 2.45) is 0 Å². The van der Waals surface area contributed by atoms with Crippen LogP contribution in [0.1, 0.15) is 23.8 Å². The quantitative estimate of drug-likeness (QED) is 0.540. The van der Waals surface area contributed by atoms with E-state index < -0.39 is 0 Å². The monoisotopic (exact) mass is 379 g/mol. The third kappa shape index (κ3) is 2.87. The first-order chi connectivity index (χ1) is 13.2. The molecule has 0 saturated heterocycles. The Morgan fingerprint density at radius 1 is 1.30 bits per heavy atom. The van der Waals surface area contributed by atoms with Crippen LogP contribution in [0, 0.1) is 0 Å². The fraction of sp³-hybridized carbons (Fsp3) is 0.350. The number of likely N-dealkylation sites (N-methyl/N-ethyl adjacent to an activating group) is 1. The number of nitrogens with zero attached hydrogens (tertiary/aromatic N) is 5. The van der Waals surface area contributed by atoms with Gasteiger partial charge in [-0.15, -0.1) is 16.4 Å². The number of fused-ring (bicyclic) bond motifs is 5. The standard InChI is InChI=1S/C20H21N5OS/c1-3-9-26-14-6-4-5-13(10-14)18-22-19-17-15-7-8-24(2)11-16(15)27-20(17)21-12-25(19)23-18/h4-6,10,12H,3,7-9,11H2,1-2H3. The Hall–Kier alpha value is -2.51. The third-order valence-corrected chi connectivity index (χ3v) is 6.06. The topological polar surface area (TPSA) is 55.6 Å². The Bertz CT molecular complexity index is 1130. The molecule has 0 amide bonds. The van der Waals surface area contributed by atoms with E-state index in [4.69, 9.17) is 9.72 Å². The van der Waals surface area contributed by atoms with Crippen LogP contribution in [0.25, 0.3) is 27.3 Å². The second-order valence-corrected chi connectivity index (χ2v) is 8.08. The Kier molecular flexibility index (Phi) is 4.06. The number of rotatable bonds is 4. The number of hydrogen-bond donors (Lipinski definition) is 0. The van der Waals surface area contributed by atoms with E-state index in [1.54, 1.807) is 17.7 Å². The minimum absolute atomic E-state index is 0.708. The summed E-state index contributed by atoms with van der Waals surface area (Å²) in [7, 11) is 2.17. The van der Waals surface area contributed by atoms with Crippen LogP contribution in [0.4, 0.5) is 0 Å². The summed E-state index contributed by atoms with van der Waals surface area (Å²) < 4.78 is 7.56. The van der Waals surface area contributed by atoms with E-state index in [1.807, 2.05) is 28.8 Å². The molecule has 27 heavy (non-hydrogen) atoms. The molecule has 138 valence electrons. The number of hydrogen-bond acceptors (Lipinski definition) is 6. The van der Waals surface area contributed by atoms with Crippen LogP contribution in [0.5, 0.6) is 5.75 Å². The van der Waals surface area contributed by atoms with Crippen molar-refractivity contribution in [3.63, 3.8) is 0 Å². The van der Waals surface area contributed by atoms with Gasteiger partial charge in [0, 0.05) is 23.5 Å². The van der Waals surface area contributed by atoms with Crippen molar-refractivity contribution in [1.82, 2.24) is 24.5 Å². The summed E-state index contributed by atoms with van der Waals surface area (Å²) in [6.45, 7) is 4.87. The molecule has 0 unspecified atom stereocenters. The summed E-state index contributed by atoms with van der Waals surface area (Å²) in [5.41, 5.74) is 3.26. The van der Waals surface area contributed by atoms with Crippen LogP contribution in [0.3, 0.4) is 0 Å².